The largest absolute Gasteiger partial charge is 0.497 e. The topological polar surface area (TPSA) is 38.3 Å². The lowest BCUT2D eigenvalue weighted by Crippen LogP contribution is -2.13. The number of methoxy groups -OCH3 is 1. The molecule has 2 aromatic carbocycles. The van der Waals surface area contributed by atoms with E-state index in [0.717, 1.165) is 29.8 Å². The lowest BCUT2D eigenvalue weighted by Gasteiger charge is -2.11. The third-order valence-corrected chi connectivity index (χ3v) is 3.17. The number of hydrogen-bond acceptors (Lipinski definition) is 2. The Balaban J connectivity index is 2.19. The van der Waals surface area contributed by atoms with E-state index in [-0.39, 0.29) is 5.56 Å². The monoisotopic (exact) mass is 309 g/mol. The zero-order chi connectivity index (χ0) is 16.3. The van der Waals surface area contributed by atoms with Crippen LogP contribution in [0.15, 0.2) is 42.5 Å². The fourth-order valence-electron chi connectivity index (χ4n) is 1.87. The number of hydrogen-bond donors (Lipinski definition) is 1. The number of alkyl halides is 3. The van der Waals surface area contributed by atoms with Gasteiger partial charge in [-0.1, -0.05) is 6.07 Å². The van der Waals surface area contributed by atoms with Gasteiger partial charge in [-0.2, -0.15) is 13.2 Å². The molecule has 22 heavy (non-hydrogen) atoms. The second-order valence-corrected chi connectivity index (χ2v) is 4.71. The van der Waals surface area contributed by atoms with Crippen molar-refractivity contribution in [2.45, 2.75) is 13.1 Å². The zero-order valence-electron chi connectivity index (χ0n) is 12.0. The van der Waals surface area contributed by atoms with Crippen LogP contribution in [0.2, 0.25) is 0 Å². The van der Waals surface area contributed by atoms with Crippen LogP contribution in [0.3, 0.4) is 0 Å². The van der Waals surface area contributed by atoms with Crippen LogP contribution in [-0.4, -0.2) is 13.0 Å². The minimum absolute atomic E-state index is 0.148. The molecule has 0 spiro atoms. The van der Waals surface area contributed by atoms with Crippen LogP contribution in [0.5, 0.6) is 5.75 Å². The van der Waals surface area contributed by atoms with Crippen molar-refractivity contribution in [3.63, 3.8) is 0 Å². The molecule has 1 amide bonds. The van der Waals surface area contributed by atoms with Crippen LogP contribution < -0.4 is 10.1 Å². The molecule has 3 nitrogen and oxygen atoms in total. The van der Waals surface area contributed by atoms with E-state index in [9.17, 15) is 18.0 Å². The first-order valence-corrected chi connectivity index (χ1v) is 6.44. The van der Waals surface area contributed by atoms with Crippen LogP contribution in [0, 0.1) is 6.92 Å². The van der Waals surface area contributed by atoms with Gasteiger partial charge in [0, 0.05) is 17.3 Å². The molecule has 2 rings (SSSR count). The van der Waals surface area contributed by atoms with Gasteiger partial charge in [-0.3, -0.25) is 4.79 Å². The summed E-state index contributed by atoms with van der Waals surface area (Å²) in [5, 5.41) is 2.66. The summed E-state index contributed by atoms with van der Waals surface area (Å²) in [7, 11) is 1.51. The van der Waals surface area contributed by atoms with Crippen LogP contribution in [0.1, 0.15) is 21.5 Å². The maximum atomic E-state index is 12.5. The summed E-state index contributed by atoms with van der Waals surface area (Å²) < 4.78 is 42.5. The van der Waals surface area contributed by atoms with Gasteiger partial charge < -0.3 is 10.1 Å². The van der Waals surface area contributed by atoms with Gasteiger partial charge in [0.15, 0.2) is 0 Å². The van der Waals surface area contributed by atoms with E-state index in [1.807, 2.05) is 6.92 Å². The van der Waals surface area contributed by atoms with Gasteiger partial charge in [-0.15, -0.1) is 0 Å². The molecule has 0 aliphatic rings. The van der Waals surface area contributed by atoms with Gasteiger partial charge in [-0.05, 0) is 42.8 Å². The summed E-state index contributed by atoms with van der Waals surface area (Å²) >= 11 is 0. The predicted octanol–water partition coefficient (Wildman–Crippen LogP) is 4.27. The van der Waals surface area contributed by atoms with Crippen molar-refractivity contribution >= 4 is 11.6 Å². The molecular weight excluding hydrogens is 295 g/mol. The SMILES string of the molecule is COc1ccc(C)c(NC(=O)c2ccc(C(F)(F)F)cc2)c1. The van der Waals surface area contributed by atoms with Crippen molar-refractivity contribution in [3.8, 4) is 5.75 Å². The number of ether oxygens (including phenoxy) is 1. The zero-order valence-corrected chi connectivity index (χ0v) is 12.0. The van der Waals surface area contributed by atoms with Gasteiger partial charge in [0.05, 0.1) is 12.7 Å². The number of carbonyl (C=O) groups is 1. The molecule has 1 N–H and O–H groups in total. The van der Waals surface area contributed by atoms with E-state index >= 15 is 0 Å². The van der Waals surface area contributed by atoms with Crippen molar-refractivity contribution in [3.05, 3.63) is 59.2 Å². The highest BCUT2D eigenvalue weighted by molar-refractivity contribution is 6.04. The fraction of sp³-hybridized carbons (Fsp3) is 0.188. The summed E-state index contributed by atoms with van der Waals surface area (Å²) in [6.45, 7) is 1.81. The molecule has 0 heterocycles. The number of aryl methyl sites for hydroxylation is 1. The number of halogens is 3. The van der Waals surface area contributed by atoms with Crippen molar-refractivity contribution in [1.29, 1.82) is 0 Å². The molecule has 2 aromatic rings. The number of anilines is 1. The third-order valence-electron chi connectivity index (χ3n) is 3.17. The predicted molar refractivity (Wildman–Crippen MR) is 77.1 cm³/mol. The smallest absolute Gasteiger partial charge is 0.416 e. The van der Waals surface area contributed by atoms with E-state index in [0.29, 0.717) is 11.4 Å². The molecular formula is C16H14F3NO2. The Labute approximate surface area is 125 Å². The normalized spacial score (nSPS) is 11.1. The van der Waals surface area contributed by atoms with E-state index in [1.54, 1.807) is 18.2 Å². The van der Waals surface area contributed by atoms with Gasteiger partial charge in [-0.25, -0.2) is 0 Å². The molecule has 0 aliphatic heterocycles. The highest BCUT2D eigenvalue weighted by Gasteiger charge is 2.30. The summed E-state index contributed by atoms with van der Waals surface area (Å²) in [5.41, 5.74) is 0.724. The molecule has 0 saturated heterocycles. The van der Waals surface area contributed by atoms with E-state index in [1.165, 1.54) is 7.11 Å². The summed E-state index contributed by atoms with van der Waals surface area (Å²) in [6, 6.07) is 9.24. The average molecular weight is 309 g/mol. The second-order valence-electron chi connectivity index (χ2n) is 4.71. The van der Waals surface area contributed by atoms with Crippen molar-refractivity contribution in [1.82, 2.24) is 0 Å². The number of carbonyl (C=O) groups excluding carboxylic acids is 1. The Hall–Kier alpha value is -2.50. The maximum Gasteiger partial charge on any atom is 0.416 e. The summed E-state index contributed by atoms with van der Waals surface area (Å²) in [4.78, 5) is 12.1. The number of nitrogens with one attached hydrogen (secondary N) is 1. The molecule has 0 radical (unpaired) electrons. The van der Waals surface area contributed by atoms with Gasteiger partial charge in [0.25, 0.3) is 5.91 Å². The van der Waals surface area contributed by atoms with Crippen molar-refractivity contribution in [2.24, 2.45) is 0 Å². The summed E-state index contributed by atoms with van der Waals surface area (Å²) in [5.74, 6) is 0.0957. The van der Waals surface area contributed by atoms with Crippen molar-refractivity contribution < 1.29 is 22.7 Å². The number of amides is 1. The van der Waals surface area contributed by atoms with E-state index in [2.05, 4.69) is 5.32 Å². The Bertz CT molecular complexity index is 679. The first-order chi connectivity index (χ1) is 10.3. The quantitative estimate of drug-likeness (QED) is 0.919. The van der Waals surface area contributed by atoms with Crippen LogP contribution in [0.25, 0.3) is 0 Å². The fourth-order valence-corrected chi connectivity index (χ4v) is 1.87. The third kappa shape index (κ3) is 3.58. The van der Waals surface area contributed by atoms with E-state index < -0.39 is 17.6 Å². The average Bonchev–Trinajstić information content (AvgIpc) is 2.48. The number of benzene rings is 2. The lowest BCUT2D eigenvalue weighted by atomic mass is 10.1. The van der Waals surface area contributed by atoms with Gasteiger partial charge >= 0.3 is 6.18 Å². The molecule has 0 aromatic heterocycles. The molecule has 0 fully saturated rings. The first kappa shape index (κ1) is 15.9. The molecule has 0 aliphatic carbocycles. The van der Waals surface area contributed by atoms with Crippen LogP contribution in [0.4, 0.5) is 18.9 Å². The van der Waals surface area contributed by atoms with Gasteiger partial charge in [0.1, 0.15) is 5.75 Å². The first-order valence-electron chi connectivity index (χ1n) is 6.44. The Morgan fingerprint density at radius 2 is 1.73 bits per heavy atom. The second kappa shape index (κ2) is 6.09. The standard InChI is InChI=1S/C16H14F3NO2/c1-10-3-8-13(22-2)9-14(10)20-15(21)11-4-6-12(7-5-11)16(17,18)19/h3-9H,1-2H3,(H,20,21). The highest BCUT2D eigenvalue weighted by Crippen LogP contribution is 2.29. The summed E-state index contributed by atoms with van der Waals surface area (Å²) in [6.07, 6.45) is -4.42. The molecule has 0 atom stereocenters. The van der Waals surface area contributed by atoms with Crippen LogP contribution >= 0.6 is 0 Å². The van der Waals surface area contributed by atoms with Crippen LogP contribution in [-0.2, 0) is 6.18 Å². The Morgan fingerprint density at radius 1 is 1.09 bits per heavy atom. The number of rotatable bonds is 3. The van der Waals surface area contributed by atoms with Crippen molar-refractivity contribution in [2.75, 3.05) is 12.4 Å². The minimum Gasteiger partial charge on any atom is -0.497 e. The Kier molecular flexibility index (Phi) is 4.40. The lowest BCUT2D eigenvalue weighted by molar-refractivity contribution is -0.137. The Morgan fingerprint density at radius 3 is 2.27 bits per heavy atom. The molecule has 0 bridgehead atoms. The highest BCUT2D eigenvalue weighted by atomic mass is 19.4. The molecule has 0 unspecified atom stereocenters. The molecule has 116 valence electrons. The molecule has 6 heteroatoms. The van der Waals surface area contributed by atoms with Gasteiger partial charge in [0.2, 0.25) is 0 Å². The maximum absolute atomic E-state index is 12.5. The van der Waals surface area contributed by atoms with E-state index in [4.69, 9.17) is 4.74 Å². The molecule has 0 saturated carbocycles. The minimum atomic E-state index is -4.42.